The number of aryl methyl sites for hydroxylation is 1. The molecular weight excluding hydrogens is 241 g/mol. The topological polar surface area (TPSA) is 68.0 Å². The Hall–Kier alpha value is -1.95. The number of carbonyl (C=O) groups is 1. The second-order valence-electron chi connectivity index (χ2n) is 3.44. The fourth-order valence-electron chi connectivity index (χ4n) is 1.28. The molecule has 0 spiro atoms. The lowest BCUT2D eigenvalue weighted by molar-refractivity contribution is 0.102. The highest BCUT2D eigenvalue weighted by Crippen LogP contribution is 2.17. The molecule has 0 bridgehead atoms. The van der Waals surface area contributed by atoms with E-state index in [0.29, 0.717) is 11.4 Å². The summed E-state index contributed by atoms with van der Waals surface area (Å²) >= 11 is 1.39. The molecule has 4 nitrogen and oxygen atoms in total. The van der Waals surface area contributed by atoms with Crippen molar-refractivity contribution in [1.82, 2.24) is 4.98 Å². The van der Waals surface area contributed by atoms with Crippen LogP contribution in [0.3, 0.4) is 0 Å². The Labute approximate surface area is 101 Å². The first-order valence-electron chi connectivity index (χ1n) is 4.85. The summed E-state index contributed by atoms with van der Waals surface area (Å²) in [5.41, 5.74) is 6.18. The van der Waals surface area contributed by atoms with Crippen molar-refractivity contribution >= 4 is 28.6 Å². The third-order valence-corrected chi connectivity index (χ3v) is 2.88. The number of benzene rings is 1. The van der Waals surface area contributed by atoms with Crippen LogP contribution in [0.2, 0.25) is 0 Å². The first-order chi connectivity index (χ1) is 8.06. The van der Waals surface area contributed by atoms with Gasteiger partial charge < -0.3 is 11.1 Å². The number of rotatable bonds is 2. The molecule has 0 unspecified atom stereocenters. The zero-order chi connectivity index (χ0) is 12.4. The Bertz CT molecular complexity index is 568. The zero-order valence-electron chi connectivity index (χ0n) is 9.03. The van der Waals surface area contributed by atoms with E-state index in [1.54, 1.807) is 5.38 Å². The Morgan fingerprint density at radius 1 is 1.53 bits per heavy atom. The maximum atomic E-state index is 12.9. The van der Waals surface area contributed by atoms with E-state index in [1.165, 1.54) is 29.5 Å². The van der Waals surface area contributed by atoms with E-state index >= 15 is 0 Å². The average Bonchev–Trinajstić information content (AvgIpc) is 2.70. The van der Waals surface area contributed by atoms with Crippen LogP contribution in [0.15, 0.2) is 23.6 Å². The molecule has 17 heavy (non-hydrogen) atoms. The number of amides is 1. The highest BCUT2D eigenvalue weighted by atomic mass is 32.1. The minimum absolute atomic E-state index is 0.00254. The number of anilines is 2. The van der Waals surface area contributed by atoms with E-state index in [-0.39, 0.29) is 11.6 Å². The predicted molar refractivity (Wildman–Crippen MR) is 65.6 cm³/mol. The lowest BCUT2D eigenvalue weighted by Gasteiger charge is -2.04. The van der Waals surface area contributed by atoms with Crippen molar-refractivity contribution in [3.8, 4) is 0 Å². The van der Waals surface area contributed by atoms with Crippen LogP contribution < -0.4 is 11.1 Å². The molecule has 0 aliphatic rings. The van der Waals surface area contributed by atoms with Gasteiger partial charge in [0.2, 0.25) is 0 Å². The van der Waals surface area contributed by atoms with Gasteiger partial charge in [0, 0.05) is 11.1 Å². The number of nitrogens with two attached hydrogens (primary N) is 1. The molecule has 2 aromatic rings. The van der Waals surface area contributed by atoms with Crippen LogP contribution >= 0.6 is 11.3 Å². The zero-order valence-corrected chi connectivity index (χ0v) is 9.84. The summed E-state index contributed by atoms with van der Waals surface area (Å²) in [6, 6.07) is 4.02. The number of hydrogen-bond donors (Lipinski definition) is 2. The van der Waals surface area contributed by atoms with Crippen LogP contribution in [0.25, 0.3) is 0 Å². The summed E-state index contributed by atoms with van der Waals surface area (Å²) < 4.78 is 12.9. The lowest BCUT2D eigenvalue weighted by Crippen LogP contribution is -2.12. The quantitative estimate of drug-likeness (QED) is 0.805. The first kappa shape index (κ1) is 11.5. The third-order valence-electron chi connectivity index (χ3n) is 2.11. The van der Waals surface area contributed by atoms with Gasteiger partial charge in [-0.3, -0.25) is 4.79 Å². The molecule has 88 valence electrons. The molecule has 0 aliphatic carbocycles. The molecule has 1 aromatic carbocycles. The number of aromatic nitrogens is 1. The highest BCUT2D eigenvalue weighted by molar-refractivity contribution is 7.09. The number of halogens is 1. The van der Waals surface area contributed by atoms with Crippen LogP contribution in [0, 0.1) is 12.7 Å². The van der Waals surface area contributed by atoms with Crippen LogP contribution in [-0.2, 0) is 0 Å². The number of nitrogens with zero attached hydrogens (tertiary/aromatic N) is 1. The number of thiazole rings is 1. The SMILES string of the molecule is Cc1nc(C(=O)Nc2ccc(F)c(N)c2)cs1. The summed E-state index contributed by atoms with van der Waals surface area (Å²) in [6.07, 6.45) is 0. The summed E-state index contributed by atoms with van der Waals surface area (Å²) in [5.74, 6) is -0.840. The molecule has 0 atom stereocenters. The van der Waals surface area contributed by atoms with Gasteiger partial charge in [-0.1, -0.05) is 0 Å². The maximum Gasteiger partial charge on any atom is 0.275 e. The van der Waals surface area contributed by atoms with Gasteiger partial charge in [-0.05, 0) is 25.1 Å². The lowest BCUT2D eigenvalue weighted by atomic mass is 10.2. The van der Waals surface area contributed by atoms with Crippen molar-refractivity contribution in [2.45, 2.75) is 6.92 Å². The third kappa shape index (κ3) is 2.59. The molecular formula is C11H10FN3OS. The molecule has 0 saturated heterocycles. The van der Waals surface area contributed by atoms with Crippen LogP contribution in [0.1, 0.15) is 15.5 Å². The molecule has 0 saturated carbocycles. The molecule has 3 N–H and O–H groups in total. The molecule has 1 aromatic heterocycles. The summed E-state index contributed by atoms with van der Waals surface area (Å²) in [6.45, 7) is 1.82. The monoisotopic (exact) mass is 251 g/mol. The number of nitrogen functional groups attached to an aromatic ring is 1. The van der Waals surface area contributed by atoms with Crippen molar-refractivity contribution in [1.29, 1.82) is 0 Å². The fraction of sp³-hybridized carbons (Fsp3) is 0.0909. The van der Waals surface area contributed by atoms with Gasteiger partial charge in [-0.15, -0.1) is 11.3 Å². The summed E-state index contributed by atoms with van der Waals surface area (Å²) in [5, 5.41) is 5.08. The average molecular weight is 251 g/mol. The molecule has 2 rings (SSSR count). The van der Waals surface area contributed by atoms with E-state index in [1.807, 2.05) is 6.92 Å². The van der Waals surface area contributed by atoms with Gasteiger partial charge in [0.1, 0.15) is 11.5 Å². The summed E-state index contributed by atoms with van der Waals surface area (Å²) in [7, 11) is 0. The first-order valence-corrected chi connectivity index (χ1v) is 5.73. The van der Waals surface area contributed by atoms with Gasteiger partial charge in [-0.25, -0.2) is 9.37 Å². The Morgan fingerprint density at radius 3 is 2.88 bits per heavy atom. The Balaban J connectivity index is 2.15. The summed E-state index contributed by atoms with van der Waals surface area (Å²) in [4.78, 5) is 15.8. The van der Waals surface area contributed by atoms with Gasteiger partial charge in [0.05, 0.1) is 10.7 Å². The van der Waals surface area contributed by atoms with Gasteiger partial charge >= 0.3 is 0 Å². The normalized spacial score (nSPS) is 10.2. The Morgan fingerprint density at radius 2 is 2.29 bits per heavy atom. The van der Waals surface area contributed by atoms with Gasteiger partial charge in [-0.2, -0.15) is 0 Å². The van der Waals surface area contributed by atoms with Crippen molar-refractivity contribution in [3.05, 3.63) is 40.1 Å². The second kappa shape index (κ2) is 4.50. The number of nitrogens with one attached hydrogen (secondary N) is 1. The minimum Gasteiger partial charge on any atom is -0.396 e. The molecule has 6 heteroatoms. The van der Waals surface area contributed by atoms with E-state index in [0.717, 1.165) is 5.01 Å². The largest absolute Gasteiger partial charge is 0.396 e. The number of carbonyl (C=O) groups excluding carboxylic acids is 1. The van der Waals surface area contributed by atoms with Crippen LogP contribution in [0.5, 0.6) is 0 Å². The van der Waals surface area contributed by atoms with Crippen LogP contribution in [0.4, 0.5) is 15.8 Å². The molecule has 0 radical (unpaired) electrons. The maximum absolute atomic E-state index is 12.9. The molecule has 1 heterocycles. The number of hydrogen-bond acceptors (Lipinski definition) is 4. The standard InChI is InChI=1S/C11H10FN3OS/c1-6-14-10(5-17-6)11(16)15-7-2-3-8(12)9(13)4-7/h2-5H,13H2,1H3,(H,15,16). The molecule has 0 fully saturated rings. The Kier molecular flexibility index (Phi) is 3.06. The van der Waals surface area contributed by atoms with Crippen molar-refractivity contribution < 1.29 is 9.18 Å². The van der Waals surface area contributed by atoms with Gasteiger partial charge in [0.15, 0.2) is 0 Å². The smallest absolute Gasteiger partial charge is 0.275 e. The van der Waals surface area contributed by atoms with E-state index in [2.05, 4.69) is 10.3 Å². The minimum atomic E-state index is -0.507. The molecule has 1 amide bonds. The van der Waals surface area contributed by atoms with Crippen LogP contribution in [-0.4, -0.2) is 10.9 Å². The van der Waals surface area contributed by atoms with Crippen molar-refractivity contribution in [2.24, 2.45) is 0 Å². The van der Waals surface area contributed by atoms with E-state index < -0.39 is 5.82 Å². The van der Waals surface area contributed by atoms with Crippen molar-refractivity contribution in [2.75, 3.05) is 11.1 Å². The predicted octanol–water partition coefficient (Wildman–Crippen LogP) is 2.43. The van der Waals surface area contributed by atoms with Crippen molar-refractivity contribution in [3.63, 3.8) is 0 Å². The molecule has 0 aliphatic heterocycles. The second-order valence-corrected chi connectivity index (χ2v) is 4.50. The van der Waals surface area contributed by atoms with Gasteiger partial charge in [0.25, 0.3) is 5.91 Å². The fourth-order valence-corrected chi connectivity index (χ4v) is 1.88. The highest BCUT2D eigenvalue weighted by Gasteiger charge is 2.10. The van der Waals surface area contributed by atoms with E-state index in [4.69, 9.17) is 5.73 Å². The van der Waals surface area contributed by atoms with E-state index in [9.17, 15) is 9.18 Å².